The van der Waals surface area contributed by atoms with Gasteiger partial charge in [-0.05, 0) is 45.4 Å². The second kappa shape index (κ2) is 7.35. The Kier molecular flexibility index (Phi) is 6.05. The lowest BCUT2D eigenvalue weighted by Crippen LogP contribution is -2.34. The number of ether oxygens (including phenoxy) is 2. The lowest BCUT2D eigenvalue weighted by Gasteiger charge is -2.19. The highest BCUT2D eigenvalue weighted by atomic mass is 35.5. The molecular formula is C15H20ClNO5. The fraction of sp³-hybridized carbons (Fsp3) is 0.467. The Labute approximate surface area is 134 Å². The Balaban J connectivity index is 2.52. The standard InChI is InChI=1S/C15H20ClNO5/c1-9-7-10(13(18)19)8-11(16)12(9)21-6-5-17-14(20)22-15(2,3)4/h7-8H,5-6H2,1-4H3,(H,17,20)(H,18,19). The second-order valence-electron chi connectivity index (χ2n) is 5.69. The number of alkyl carbamates (subject to hydrolysis) is 1. The molecule has 0 heterocycles. The van der Waals surface area contributed by atoms with Crippen LogP contribution in [0.3, 0.4) is 0 Å². The third-order valence-corrected chi connectivity index (χ3v) is 2.77. The second-order valence-corrected chi connectivity index (χ2v) is 6.09. The molecule has 22 heavy (non-hydrogen) atoms. The molecule has 1 amide bonds. The third-order valence-electron chi connectivity index (χ3n) is 2.49. The number of aryl methyl sites for hydroxylation is 1. The van der Waals surface area contributed by atoms with Gasteiger partial charge < -0.3 is 19.9 Å². The van der Waals surface area contributed by atoms with E-state index in [1.54, 1.807) is 27.7 Å². The summed E-state index contributed by atoms with van der Waals surface area (Å²) in [4.78, 5) is 22.3. The molecule has 0 aliphatic rings. The van der Waals surface area contributed by atoms with Gasteiger partial charge in [0.15, 0.2) is 0 Å². The number of hydrogen-bond donors (Lipinski definition) is 2. The molecule has 122 valence electrons. The lowest BCUT2D eigenvalue weighted by atomic mass is 10.1. The van der Waals surface area contributed by atoms with Crippen molar-refractivity contribution in [2.75, 3.05) is 13.2 Å². The summed E-state index contributed by atoms with van der Waals surface area (Å²) >= 11 is 6.01. The zero-order chi connectivity index (χ0) is 16.9. The minimum Gasteiger partial charge on any atom is -0.490 e. The van der Waals surface area contributed by atoms with Crippen LogP contribution in [0.4, 0.5) is 4.79 Å². The molecule has 0 atom stereocenters. The summed E-state index contributed by atoms with van der Waals surface area (Å²) in [5.74, 6) is -0.652. The van der Waals surface area contributed by atoms with Crippen LogP contribution in [0, 0.1) is 6.92 Å². The van der Waals surface area contributed by atoms with Crippen molar-refractivity contribution in [3.05, 3.63) is 28.3 Å². The summed E-state index contributed by atoms with van der Waals surface area (Å²) in [7, 11) is 0. The van der Waals surface area contributed by atoms with Gasteiger partial charge in [-0.1, -0.05) is 11.6 Å². The number of halogens is 1. The molecular weight excluding hydrogens is 310 g/mol. The Hall–Kier alpha value is -1.95. The molecule has 0 fully saturated rings. The van der Waals surface area contributed by atoms with Crippen molar-refractivity contribution in [2.45, 2.75) is 33.3 Å². The molecule has 1 rings (SSSR count). The first kappa shape index (κ1) is 18.1. The number of carbonyl (C=O) groups excluding carboxylic acids is 1. The van der Waals surface area contributed by atoms with E-state index in [1.165, 1.54) is 12.1 Å². The van der Waals surface area contributed by atoms with Gasteiger partial charge in [-0.15, -0.1) is 0 Å². The number of carbonyl (C=O) groups is 2. The van der Waals surface area contributed by atoms with Crippen molar-refractivity contribution in [1.82, 2.24) is 5.32 Å². The van der Waals surface area contributed by atoms with Crippen LogP contribution in [-0.4, -0.2) is 35.9 Å². The Morgan fingerprint density at radius 3 is 2.45 bits per heavy atom. The first-order chi connectivity index (χ1) is 10.1. The van der Waals surface area contributed by atoms with Crippen LogP contribution in [0.15, 0.2) is 12.1 Å². The van der Waals surface area contributed by atoms with Crippen LogP contribution in [0.5, 0.6) is 5.75 Å². The number of rotatable bonds is 5. The van der Waals surface area contributed by atoms with Crippen molar-refractivity contribution in [1.29, 1.82) is 0 Å². The monoisotopic (exact) mass is 329 g/mol. The summed E-state index contributed by atoms with van der Waals surface area (Å²) in [6.07, 6.45) is -0.528. The summed E-state index contributed by atoms with van der Waals surface area (Å²) in [6, 6.07) is 2.80. The number of aromatic carboxylic acids is 1. The fourth-order valence-corrected chi connectivity index (χ4v) is 1.98. The van der Waals surface area contributed by atoms with Gasteiger partial charge in [0, 0.05) is 0 Å². The average Bonchev–Trinajstić information content (AvgIpc) is 2.34. The zero-order valence-electron chi connectivity index (χ0n) is 13.0. The van der Waals surface area contributed by atoms with E-state index >= 15 is 0 Å². The van der Waals surface area contributed by atoms with E-state index in [0.29, 0.717) is 11.3 Å². The minimum absolute atomic E-state index is 0.0988. The van der Waals surface area contributed by atoms with Crippen molar-refractivity contribution in [3.8, 4) is 5.75 Å². The van der Waals surface area contributed by atoms with Crippen molar-refractivity contribution < 1.29 is 24.2 Å². The molecule has 1 aromatic rings. The lowest BCUT2D eigenvalue weighted by molar-refractivity contribution is 0.0519. The molecule has 6 nitrogen and oxygen atoms in total. The molecule has 0 aromatic heterocycles. The predicted octanol–water partition coefficient (Wildman–Crippen LogP) is 3.25. The van der Waals surface area contributed by atoms with Crippen LogP contribution >= 0.6 is 11.6 Å². The Morgan fingerprint density at radius 1 is 1.32 bits per heavy atom. The quantitative estimate of drug-likeness (QED) is 0.810. The van der Waals surface area contributed by atoms with Crippen LogP contribution in [-0.2, 0) is 4.74 Å². The van der Waals surface area contributed by atoms with Crippen molar-refractivity contribution in [3.63, 3.8) is 0 Å². The molecule has 0 saturated heterocycles. The topological polar surface area (TPSA) is 84.9 Å². The molecule has 0 radical (unpaired) electrons. The van der Waals surface area contributed by atoms with Crippen LogP contribution in [0.1, 0.15) is 36.7 Å². The van der Waals surface area contributed by atoms with E-state index in [-0.39, 0.29) is 23.7 Å². The molecule has 0 aliphatic heterocycles. The van der Waals surface area contributed by atoms with Crippen LogP contribution in [0.25, 0.3) is 0 Å². The highest BCUT2D eigenvalue weighted by Gasteiger charge is 2.16. The predicted molar refractivity (Wildman–Crippen MR) is 82.9 cm³/mol. The molecule has 0 aliphatic carbocycles. The number of benzene rings is 1. The number of carboxylic acid groups (broad SMARTS) is 1. The molecule has 1 aromatic carbocycles. The Bertz CT molecular complexity index is 543. The SMILES string of the molecule is Cc1cc(C(=O)O)cc(Cl)c1OCCNC(=O)OC(C)(C)C. The van der Waals surface area contributed by atoms with Gasteiger partial charge in [0.25, 0.3) is 0 Å². The molecule has 7 heteroatoms. The fourth-order valence-electron chi connectivity index (χ4n) is 1.66. The van der Waals surface area contributed by atoms with Gasteiger partial charge >= 0.3 is 12.1 Å². The van der Waals surface area contributed by atoms with Gasteiger partial charge in [-0.25, -0.2) is 9.59 Å². The maximum atomic E-state index is 11.4. The van der Waals surface area contributed by atoms with Crippen LogP contribution < -0.4 is 10.1 Å². The highest BCUT2D eigenvalue weighted by molar-refractivity contribution is 6.32. The van der Waals surface area contributed by atoms with Crippen molar-refractivity contribution in [2.24, 2.45) is 0 Å². The smallest absolute Gasteiger partial charge is 0.407 e. The van der Waals surface area contributed by atoms with E-state index in [0.717, 1.165) is 0 Å². The van der Waals surface area contributed by atoms with E-state index in [1.807, 2.05) is 0 Å². The number of carboxylic acids is 1. The van der Waals surface area contributed by atoms with E-state index in [9.17, 15) is 9.59 Å². The van der Waals surface area contributed by atoms with E-state index in [4.69, 9.17) is 26.2 Å². The first-order valence-electron chi connectivity index (χ1n) is 6.73. The van der Waals surface area contributed by atoms with Crippen LogP contribution in [0.2, 0.25) is 5.02 Å². The third kappa shape index (κ3) is 5.81. The summed E-state index contributed by atoms with van der Waals surface area (Å²) in [5, 5.41) is 11.7. The van der Waals surface area contributed by atoms with Gasteiger partial charge in [-0.2, -0.15) is 0 Å². The average molecular weight is 330 g/mol. The molecule has 0 saturated carbocycles. The summed E-state index contributed by atoms with van der Waals surface area (Å²) in [5.41, 5.74) is 0.154. The summed E-state index contributed by atoms with van der Waals surface area (Å²) in [6.45, 7) is 7.45. The molecule has 0 bridgehead atoms. The van der Waals surface area contributed by atoms with E-state index < -0.39 is 17.7 Å². The number of nitrogens with one attached hydrogen (secondary N) is 1. The largest absolute Gasteiger partial charge is 0.490 e. The first-order valence-corrected chi connectivity index (χ1v) is 7.11. The van der Waals surface area contributed by atoms with Gasteiger partial charge in [-0.3, -0.25) is 0 Å². The zero-order valence-corrected chi connectivity index (χ0v) is 13.8. The van der Waals surface area contributed by atoms with Gasteiger partial charge in [0.2, 0.25) is 0 Å². The van der Waals surface area contributed by atoms with Gasteiger partial charge in [0.05, 0.1) is 17.1 Å². The molecule has 0 spiro atoms. The number of amides is 1. The van der Waals surface area contributed by atoms with E-state index in [2.05, 4.69) is 5.32 Å². The van der Waals surface area contributed by atoms with Gasteiger partial charge in [0.1, 0.15) is 18.0 Å². The Morgan fingerprint density at radius 2 is 1.95 bits per heavy atom. The maximum absolute atomic E-state index is 11.4. The summed E-state index contributed by atoms with van der Waals surface area (Å²) < 4.78 is 10.6. The normalized spacial score (nSPS) is 11.0. The molecule has 2 N–H and O–H groups in total. The minimum atomic E-state index is -1.05. The maximum Gasteiger partial charge on any atom is 0.407 e. The number of hydrogen-bond acceptors (Lipinski definition) is 4. The highest BCUT2D eigenvalue weighted by Crippen LogP contribution is 2.29. The molecule has 0 unspecified atom stereocenters. The van der Waals surface area contributed by atoms with Crippen molar-refractivity contribution >= 4 is 23.7 Å².